The maximum absolute atomic E-state index is 11.3. The Labute approximate surface area is 78.4 Å². The van der Waals surface area contributed by atoms with Crippen molar-refractivity contribution in [2.24, 2.45) is 11.1 Å². The standard InChI is InChI=1S/C9H17NO3/c1-9(2,3)7(11)5-4-6-13-8(10)12/h4-6H2,1-3H3,(H2,10,12). The van der Waals surface area contributed by atoms with Crippen molar-refractivity contribution in [3.63, 3.8) is 0 Å². The van der Waals surface area contributed by atoms with Crippen LogP contribution >= 0.6 is 0 Å². The monoisotopic (exact) mass is 187 g/mol. The van der Waals surface area contributed by atoms with Crippen LogP contribution in [-0.2, 0) is 9.53 Å². The third-order valence-corrected chi connectivity index (χ3v) is 1.63. The molecule has 0 aliphatic heterocycles. The summed E-state index contributed by atoms with van der Waals surface area (Å²) in [5, 5.41) is 0. The van der Waals surface area contributed by atoms with Gasteiger partial charge in [-0.25, -0.2) is 4.79 Å². The Hall–Kier alpha value is -1.06. The Morgan fingerprint density at radius 2 is 1.85 bits per heavy atom. The predicted octanol–water partition coefficient (Wildman–Crippen LogP) is 1.48. The highest BCUT2D eigenvalue weighted by Gasteiger charge is 2.20. The van der Waals surface area contributed by atoms with E-state index in [0.29, 0.717) is 12.8 Å². The number of carbonyl (C=O) groups excluding carboxylic acids is 2. The van der Waals surface area contributed by atoms with E-state index in [1.165, 1.54) is 0 Å². The van der Waals surface area contributed by atoms with Crippen LogP contribution in [-0.4, -0.2) is 18.5 Å². The van der Waals surface area contributed by atoms with Gasteiger partial charge in [-0.2, -0.15) is 0 Å². The molecule has 0 atom stereocenters. The minimum Gasteiger partial charge on any atom is -0.450 e. The number of ketones is 1. The third kappa shape index (κ3) is 6.13. The van der Waals surface area contributed by atoms with E-state index in [9.17, 15) is 9.59 Å². The average molecular weight is 187 g/mol. The number of carbonyl (C=O) groups is 2. The lowest BCUT2D eigenvalue weighted by Gasteiger charge is -2.15. The van der Waals surface area contributed by atoms with Gasteiger partial charge in [0.05, 0.1) is 6.61 Å². The van der Waals surface area contributed by atoms with Crippen LogP contribution in [0.2, 0.25) is 0 Å². The maximum atomic E-state index is 11.3. The molecule has 0 heterocycles. The summed E-state index contributed by atoms with van der Waals surface area (Å²) in [6.07, 6.45) is 0.179. The van der Waals surface area contributed by atoms with Crippen molar-refractivity contribution < 1.29 is 14.3 Å². The molecule has 0 aromatic heterocycles. The van der Waals surface area contributed by atoms with Gasteiger partial charge >= 0.3 is 6.09 Å². The quantitative estimate of drug-likeness (QED) is 0.677. The Bertz CT molecular complexity index is 194. The summed E-state index contributed by atoms with van der Waals surface area (Å²) in [5.41, 5.74) is 4.44. The van der Waals surface area contributed by atoms with Crippen LogP contribution in [0.5, 0.6) is 0 Å². The van der Waals surface area contributed by atoms with E-state index >= 15 is 0 Å². The van der Waals surface area contributed by atoms with Gasteiger partial charge in [0.2, 0.25) is 0 Å². The van der Waals surface area contributed by atoms with Crippen LogP contribution in [0.1, 0.15) is 33.6 Å². The fourth-order valence-electron chi connectivity index (χ4n) is 0.780. The highest BCUT2D eigenvalue weighted by atomic mass is 16.5. The number of hydrogen-bond donors (Lipinski definition) is 1. The zero-order valence-corrected chi connectivity index (χ0v) is 8.42. The summed E-state index contributed by atoms with van der Waals surface area (Å²) in [7, 11) is 0. The topological polar surface area (TPSA) is 69.4 Å². The lowest BCUT2D eigenvalue weighted by atomic mass is 9.88. The maximum Gasteiger partial charge on any atom is 0.404 e. The van der Waals surface area contributed by atoms with Gasteiger partial charge in [0, 0.05) is 11.8 Å². The van der Waals surface area contributed by atoms with E-state index in [1.807, 2.05) is 20.8 Å². The molecule has 0 radical (unpaired) electrons. The van der Waals surface area contributed by atoms with Gasteiger partial charge < -0.3 is 10.5 Å². The van der Waals surface area contributed by atoms with Crippen LogP contribution < -0.4 is 5.73 Å². The molecule has 0 aromatic carbocycles. The molecule has 0 fully saturated rings. The van der Waals surface area contributed by atoms with E-state index in [0.717, 1.165) is 0 Å². The zero-order chi connectivity index (χ0) is 10.5. The van der Waals surface area contributed by atoms with Crippen LogP contribution in [0.25, 0.3) is 0 Å². The molecule has 2 N–H and O–H groups in total. The first-order valence-electron chi connectivity index (χ1n) is 4.29. The van der Waals surface area contributed by atoms with Crippen LogP contribution in [0, 0.1) is 5.41 Å². The lowest BCUT2D eigenvalue weighted by molar-refractivity contribution is -0.126. The molecule has 4 nitrogen and oxygen atoms in total. The summed E-state index contributed by atoms with van der Waals surface area (Å²) in [4.78, 5) is 21.5. The second kappa shape index (κ2) is 4.84. The van der Waals surface area contributed by atoms with Crippen molar-refractivity contribution in [2.45, 2.75) is 33.6 Å². The second-order valence-electron chi connectivity index (χ2n) is 3.94. The number of amides is 1. The van der Waals surface area contributed by atoms with Crippen molar-refractivity contribution >= 4 is 11.9 Å². The Morgan fingerprint density at radius 1 is 1.31 bits per heavy atom. The first-order valence-corrected chi connectivity index (χ1v) is 4.29. The Kier molecular flexibility index (Phi) is 4.45. The molecule has 0 unspecified atom stereocenters. The smallest absolute Gasteiger partial charge is 0.404 e. The molecule has 0 aromatic rings. The first kappa shape index (κ1) is 11.9. The number of rotatable bonds is 4. The number of nitrogens with two attached hydrogens (primary N) is 1. The molecule has 0 aliphatic carbocycles. The van der Waals surface area contributed by atoms with Gasteiger partial charge in [-0.05, 0) is 6.42 Å². The molecule has 0 spiro atoms. The van der Waals surface area contributed by atoms with Crippen LogP contribution in [0.3, 0.4) is 0 Å². The SMILES string of the molecule is CC(C)(C)C(=O)CCCOC(N)=O. The molecule has 0 bridgehead atoms. The molecule has 0 rings (SSSR count). The number of Topliss-reactive ketones (excluding diaryl/α,β-unsaturated/α-hetero) is 1. The molecule has 13 heavy (non-hydrogen) atoms. The van der Waals surface area contributed by atoms with Crippen molar-refractivity contribution in [1.82, 2.24) is 0 Å². The summed E-state index contributed by atoms with van der Waals surface area (Å²) < 4.78 is 4.49. The summed E-state index contributed by atoms with van der Waals surface area (Å²) >= 11 is 0. The number of primary amides is 1. The average Bonchev–Trinajstić information content (AvgIpc) is 1.95. The molecular weight excluding hydrogens is 170 g/mol. The minimum absolute atomic E-state index is 0.167. The highest BCUT2D eigenvalue weighted by molar-refractivity contribution is 5.83. The van der Waals surface area contributed by atoms with Crippen molar-refractivity contribution in [2.75, 3.05) is 6.61 Å². The van der Waals surface area contributed by atoms with Gasteiger partial charge in [-0.1, -0.05) is 20.8 Å². The van der Waals surface area contributed by atoms with Crippen LogP contribution in [0.15, 0.2) is 0 Å². The minimum atomic E-state index is -0.789. The largest absolute Gasteiger partial charge is 0.450 e. The van der Waals surface area contributed by atoms with E-state index < -0.39 is 6.09 Å². The summed E-state index contributed by atoms with van der Waals surface area (Å²) in [6, 6.07) is 0. The Balaban J connectivity index is 3.55. The molecule has 0 aliphatic rings. The van der Waals surface area contributed by atoms with Crippen molar-refractivity contribution in [3.05, 3.63) is 0 Å². The number of ether oxygens (including phenoxy) is 1. The van der Waals surface area contributed by atoms with E-state index in [4.69, 9.17) is 5.73 Å². The molecule has 0 saturated heterocycles. The van der Waals surface area contributed by atoms with E-state index in [1.54, 1.807) is 0 Å². The highest BCUT2D eigenvalue weighted by Crippen LogP contribution is 2.17. The Morgan fingerprint density at radius 3 is 2.23 bits per heavy atom. The summed E-state index contributed by atoms with van der Waals surface area (Å²) in [5.74, 6) is 0.167. The first-order chi connectivity index (χ1) is 5.84. The lowest BCUT2D eigenvalue weighted by Crippen LogP contribution is -2.21. The van der Waals surface area contributed by atoms with Gasteiger partial charge in [0.25, 0.3) is 0 Å². The van der Waals surface area contributed by atoms with Crippen LogP contribution in [0.4, 0.5) is 4.79 Å². The van der Waals surface area contributed by atoms with Crippen molar-refractivity contribution in [3.8, 4) is 0 Å². The van der Waals surface area contributed by atoms with E-state index in [-0.39, 0.29) is 17.8 Å². The van der Waals surface area contributed by atoms with Gasteiger partial charge in [-0.15, -0.1) is 0 Å². The van der Waals surface area contributed by atoms with Gasteiger partial charge in [0.1, 0.15) is 5.78 Å². The zero-order valence-electron chi connectivity index (χ0n) is 8.42. The second-order valence-corrected chi connectivity index (χ2v) is 3.94. The van der Waals surface area contributed by atoms with Crippen molar-refractivity contribution in [1.29, 1.82) is 0 Å². The predicted molar refractivity (Wildman–Crippen MR) is 49.2 cm³/mol. The normalized spacial score (nSPS) is 11.0. The summed E-state index contributed by atoms with van der Waals surface area (Å²) in [6.45, 7) is 5.82. The fourth-order valence-corrected chi connectivity index (χ4v) is 0.780. The molecule has 76 valence electrons. The van der Waals surface area contributed by atoms with Gasteiger partial charge in [-0.3, -0.25) is 4.79 Å². The third-order valence-electron chi connectivity index (χ3n) is 1.63. The molecule has 4 heteroatoms. The molecule has 0 saturated carbocycles. The molecular formula is C9H17NO3. The molecule has 1 amide bonds. The van der Waals surface area contributed by atoms with Gasteiger partial charge in [0.15, 0.2) is 0 Å². The van der Waals surface area contributed by atoms with E-state index in [2.05, 4.69) is 4.74 Å². The number of hydrogen-bond acceptors (Lipinski definition) is 3. The fraction of sp³-hybridized carbons (Fsp3) is 0.778.